The maximum Gasteiger partial charge on any atom is 0.259 e. The standard InChI is InChI=1S/C20H17N7O2S/c1-10-8-12(17-21-11(2)23-24-17)4-7-16(10)30-20-18-22-19(28)14-6-5-13(29-3)9-15(14)27(18)26-25-20/h4-9H,1-3H3,(H,22,28)(H,21,23,24). The summed E-state index contributed by atoms with van der Waals surface area (Å²) in [4.78, 5) is 19.6. The van der Waals surface area contributed by atoms with Crippen molar-refractivity contribution in [3.05, 3.63) is 58.1 Å². The summed E-state index contributed by atoms with van der Waals surface area (Å²) in [5.74, 6) is 2.14. The van der Waals surface area contributed by atoms with Gasteiger partial charge in [0.2, 0.25) is 0 Å². The first-order valence-corrected chi connectivity index (χ1v) is 9.99. The van der Waals surface area contributed by atoms with Gasteiger partial charge in [0.15, 0.2) is 16.5 Å². The third-order valence-corrected chi connectivity index (χ3v) is 5.95. The minimum Gasteiger partial charge on any atom is -0.497 e. The topological polar surface area (TPSA) is 114 Å². The van der Waals surface area contributed by atoms with E-state index in [1.165, 1.54) is 11.8 Å². The van der Waals surface area contributed by atoms with Crippen LogP contribution in [0.4, 0.5) is 0 Å². The molecule has 0 amide bonds. The molecule has 0 atom stereocenters. The van der Waals surface area contributed by atoms with Gasteiger partial charge in [-0.1, -0.05) is 23.0 Å². The molecular weight excluding hydrogens is 402 g/mol. The van der Waals surface area contributed by atoms with Crippen LogP contribution in [-0.2, 0) is 0 Å². The Balaban J connectivity index is 1.56. The average molecular weight is 419 g/mol. The zero-order valence-electron chi connectivity index (χ0n) is 16.4. The second-order valence-electron chi connectivity index (χ2n) is 6.83. The summed E-state index contributed by atoms with van der Waals surface area (Å²) in [6, 6.07) is 11.3. The van der Waals surface area contributed by atoms with Crippen molar-refractivity contribution in [1.82, 2.24) is 35.0 Å². The Hall–Kier alpha value is -3.66. The molecule has 0 saturated heterocycles. The van der Waals surface area contributed by atoms with E-state index in [-0.39, 0.29) is 5.56 Å². The van der Waals surface area contributed by atoms with Crippen LogP contribution in [0.25, 0.3) is 27.9 Å². The van der Waals surface area contributed by atoms with E-state index in [4.69, 9.17) is 4.74 Å². The molecule has 0 aliphatic carbocycles. The summed E-state index contributed by atoms with van der Waals surface area (Å²) in [6.45, 7) is 3.88. The average Bonchev–Trinajstić information content (AvgIpc) is 3.36. The molecular formula is C20H17N7O2S. The van der Waals surface area contributed by atoms with Crippen LogP contribution in [0, 0.1) is 13.8 Å². The van der Waals surface area contributed by atoms with Crippen molar-refractivity contribution in [2.24, 2.45) is 0 Å². The van der Waals surface area contributed by atoms with Crippen molar-refractivity contribution in [3.63, 3.8) is 0 Å². The second kappa shape index (κ2) is 6.99. The molecule has 30 heavy (non-hydrogen) atoms. The third kappa shape index (κ3) is 3.01. The van der Waals surface area contributed by atoms with Gasteiger partial charge in [-0.15, -0.1) is 15.3 Å². The van der Waals surface area contributed by atoms with Crippen LogP contribution in [0.3, 0.4) is 0 Å². The lowest BCUT2D eigenvalue weighted by atomic mass is 10.1. The number of hydrogen-bond acceptors (Lipinski definition) is 7. The van der Waals surface area contributed by atoms with Crippen molar-refractivity contribution in [2.45, 2.75) is 23.8 Å². The molecule has 2 N–H and O–H groups in total. The number of methoxy groups -OCH3 is 1. The zero-order chi connectivity index (χ0) is 20.8. The van der Waals surface area contributed by atoms with E-state index in [2.05, 4.69) is 30.5 Å². The predicted octanol–water partition coefficient (Wildman–Crippen LogP) is 3.13. The largest absolute Gasteiger partial charge is 0.497 e. The smallest absolute Gasteiger partial charge is 0.259 e. The van der Waals surface area contributed by atoms with Gasteiger partial charge in [-0.2, -0.15) is 4.52 Å². The van der Waals surface area contributed by atoms with Crippen LogP contribution in [0.2, 0.25) is 0 Å². The van der Waals surface area contributed by atoms with E-state index < -0.39 is 0 Å². The van der Waals surface area contributed by atoms with Gasteiger partial charge in [0, 0.05) is 16.5 Å². The van der Waals surface area contributed by atoms with Crippen molar-refractivity contribution >= 4 is 28.3 Å². The van der Waals surface area contributed by atoms with Gasteiger partial charge < -0.3 is 14.7 Å². The number of hydrogen-bond donors (Lipinski definition) is 2. The molecule has 0 saturated carbocycles. The highest BCUT2D eigenvalue weighted by Gasteiger charge is 2.15. The Morgan fingerprint density at radius 1 is 1.03 bits per heavy atom. The Labute approximate surface area is 174 Å². The second-order valence-corrected chi connectivity index (χ2v) is 7.86. The minimum absolute atomic E-state index is 0.197. The van der Waals surface area contributed by atoms with Gasteiger partial charge in [-0.25, -0.2) is 0 Å². The van der Waals surface area contributed by atoms with Crippen LogP contribution >= 0.6 is 11.8 Å². The van der Waals surface area contributed by atoms with E-state index >= 15 is 0 Å². The summed E-state index contributed by atoms with van der Waals surface area (Å²) in [7, 11) is 1.58. The maximum absolute atomic E-state index is 12.6. The van der Waals surface area contributed by atoms with Crippen molar-refractivity contribution < 1.29 is 4.74 Å². The first-order chi connectivity index (χ1) is 14.5. The SMILES string of the molecule is COc1ccc2c(=O)[nH]c3c(Sc4ccc(-c5nnc(C)[nH]5)cc4C)nnn3c2c1. The molecule has 3 heterocycles. The molecule has 0 radical (unpaired) electrons. The lowest BCUT2D eigenvalue weighted by Crippen LogP contribution is -2.10. The van der Waals surface area contributed by atoms with Crippen LogP contribution in [0.5, 0.6) is 5.75 Å². The molecule has 0 bridgehead atoms. The lowest BCUT2D eigenvalue weighted by molar-refractivity contribution is 0.415. The maximum atomic E-state index is 12.6. The van der Waals surface area contributed by atoms with Gasteiger partial charge in [-0.05, 0) is 43.7 Å². The van der Waals surface area contributed by atoms with Gasteiger partial charge in [-0.3, -0.25) is 4.79 Å². The van der Waals surface area contributed by atoms with E-state index in [1.807, 2.05) is 32.0 Å². The number of H-pyrrole nitrogens is 2. The Morgan fingerprint density at radius 2 is 1.90 bits per heavy atom. The number of rotatable bonds is 4. The normalized spacial score (nSPS) is 11.4. The first kappa shape index (κ1) is 18.4. The molecule has 9 nitrogen and oxygen atoms in total. The highest BCUT2D eigenvalue weighted by Crippen LogP contribution is 2.33. The molecule has 5 aromatic rings. The monoisotopic (exact) mass is 419 g/mol. The number of ether oxygens (including phenoxy) is 1. The third-order valence-electron chi connectivity index (χ3n) is 4.80. The van der Waals surface area contributed by atoms with Crippen LogP contribution in [0.15, 0.2) is 51.1 Å². The highest BCUT2D eigenvalue weighted by molar-refractivity contribution is 7.99. The number of aromatic nitrogens is 7. The number of fused-ring (bicyclic) bond motifs is 3. The number of benzene rings is 2. The van der Waals surface area contributed by atoms with E-state index in [0.29, 0.717) is 27.3 Å². The Bertz CT molecular complexity index is 1470. The molecule has 0 fully saturated rings. The fourth-order valence-electron chi connectivity index (χ4n) is 3.28. The van der Waals surface area contributed by atoms with E-state index in [1.54, 1.807) is 29.8 Å². The molecule has 0 aliphatic heterocycles. The summed E-state index contributed by atoms with van der Waals surface area (Å²) >= 11 is 1.44. The van der Waals surface area contributed by atoms with Gasteiger partial charge in [0.25, 0.3) is 5.56 Å². The molecule has 5 rings (SSSR count). The Kier molecular flexibility index (Phi) is 4.28. The van der Waals surface area contributed by atoms with Gasteiger partial charge >= 0.3 is 0 Å². The molecule has 0 unspecified atom stereocenters. The predicted molar refractivity (Wildman–Crippen MR) is 113 cm³/mol. The minimum atomic E-state index is -0.197. The lowest BCUT2D eigenvalue weighted by Gasteiger charge is -2.06. The van der Waals surface area contributed by atoms with Gasteiger partial charge in [0.1, 0.15) is 11.6 Å². The molecule has 3 aromatic heterocycles. The fraction of sp³-hybridized carbons (Fsp3) is 0.150. The quantitative estimate of drug-likeness (QED) is 0.460. The van der Waals surface area contributed by atoms with Crippen LogP contribution < -0.4 is 10.3 Å². The number of aryl methyl sites for hydroxylation is 2. The van der Waals surface area contributed by atoms with Crippen LogP contribution in [-0.4, -0.2) is 42.1 Å². The molecule has 10 heteroatoms. The molecule has 150 valence electrons. The molecule has 0 spiro atoms. The summed E-state index contributed by atoms with van der Waals surface area (Å²) in [5.41, 5.74) is 2.99. The highest BCUT2D eigenvalue weighted by atomic mass is 32.2. The van der Waals surface area contributed by atoms with Crippen molar-refractivity contribution in [3.8, 4) is 17.1 Å². The van der Waals surface area contributed by atoms with E-state index in [9.17, 15) is 4.79 Å². The number of nitrogens with zero attached hydrogens (tertiary/aromatic N) is 5. The van der Waals surface area contributed by atoms with E-state index in [0.717, 1.165) is 27.7 Å². The van der Waals surface area contributed by atoms with Gasteiger partial charge in [0.05, 0.1) is 18.0 Å². The van der Waals surface area contributed by atoms with Crippen molar-refractivity contribution in [1.29, 1.82) is 0 Å². The summed E-state index contributed by atoms with van der Waals surface area (Å²) in [6.07, 6.45) is 0. The zero-order valence-corrected chi connectivity index (χ0v) is 17.2. The number of aromatic amines is 2. The fourth-order valence-corrected chi connectivity index (χ4v) is 4.16. The molecule has 0 aliphatic rings. The van der Waals surface area contributed by atoms with Crippen LogP contribution in [0.1, 0.15) is 11.4 Å². The summed E-state index contributed by atoms with van der Waals surface area (Å²) < 4.78 is 6.91. The Morgan fingerprint density at radius 3 is 2.63 bits per heavy atom. The first-order valence-electron chi connectivity index (χ1n) is 9.17. The number of nitrogens with one attached hydrogen (secondary N) is 2. The van der Waals surface area contributed by atoms with Crippen molar-refractivity contribution in [2.75, 3.05) is 7.11 Å². The summed E-state index contributed by atoms with van der Waals surface area (Å²) in [5, 5.41) is 17.8. The molecule has 2 aromatic carbocycles.